The number of amides is 1. The van der Waals surface area contributed by atoms with Crippen LogP contribution < -0.4 is 5.48 Å². The second-order valence-electron chi connectivity index (χ2n) is 5.75. The minimum atomic E-state index is -0.360. The van der Waals surface area contributed by atoms with Crippen LogP contribution in [0.5, 0.6) is 0 Å². The highest BCUT2D eigenvalue weighted by atomic mass is 32.2. The lowest BCUT2D eigenvalue weighted by Gasteiger charge is -2.10. The van der Waals surface area contributed by atoms with E-state index in [1.54, 1.807) is 25.3 Å². The highest BCUT2D eigenvalue weighted by molar-refractivity contribution is 7.98. The van der Waals surface area contributed by atoms with Crippen LogP contribution in [0.2, 0.25) is 0 Å². The summed E-state index contributed by atoms with van der Waals surface area (Å²) in [6.07, 6.45) is 3.85. The molecule has 0 saturated heterocycles. The van der Waals surface area contributed by atoms with Crippen LogP contribution in [0.25, 0.3) is 11.0 Å². The quantitative estimate of drug-likeness (QED) is 0.529. The maximum Gasteiger partial charge on any atom is 0.277 e. The first-order valence-electron chi connectivity index (χ1n) is 8.23. The highest BCUT2D eigenvalue weighted by Crippen LogP contribution is 2.27. The van der Waals surface area contributed by atoms with Gasteiger partial charge in [-0.2, -0.15) is 0 Å². The fourth-order valence-electron chi connectivity index (χ4n) is 2.94. The number of hydrogen-bond donors (Lipinski definition) is 1. The van der Waals surface area contributed by atoms with Crippen LogP contribution in [0, 0.1) is 5.82 Å². The number of nitrogens with one attached hydrogen (secondary N) is 1. The Morgan fingerprint density at radius 3 is 2.88 bits per heavy atom. The van der Waals surface area contributed by atoms with Gasteiger partial charge in [-0.3, -0.25) is 9.63 Å². The molecular formula is C19H20FN3O2S. The van der Waals surface area contributed by atoms with Gasteiger partial charge in [0.05, 0.1) is 12.2 Å². The van der Waals surface area contributed by atoms with E-state index >= 15 is 0 Å². The SMILES string of the molecule is CCONC(=O)c1c(Cc2ccc(SC)cc2F)n(C)c2ncccc12. The van der Waals surface area contributed by atoms with Crippen molar-refractivity contribution in [3.8, 4) is 0 Å². The number of hydroxylamine groups is 1. The monoisotopic (exact) mass is 373 g/mol. The Hall–Kier alpha value is -2.38. The largest absolute Gasteiger partial charge is 0.332 e. The summed E-state index contributed by atoms with van der Waals surface area (Å²) < 4.78 is 16.3. The molecule has 5 nitrogen and oxygen atoms in total. The van der Waals surface area contributed by atoms with Gasteiger partial charge >= 0.3 is 0 Å². The van der Waals surface area contributed by atoms with Crippen molar-refractivity contribution in [2.75, 3.05) is 12.9 Å². The molecule has 1 amide bonds. The lowest BCUT2D eigenvalue weighted by molar-refractivity contribution is 0.0365. The van der Waals surface area contributed by atoms with E-state index in [0.717, 1.165) is 4.90 Å². The Bertz CT molecular complexity index is 955. The predicted octanol–water partition coefficient (Wildman–Crippen LogP) is 3.71. The number of benzene rings is 1. The smallest absolute Gasteiger partial charge is 0.277 e. The van der Waals surface area contributed by atoms with E-state index in [0.29, 0.717) is 34.5 Å². The maximum absolute atomic E-state index is 14.5. The molecule has 0 saturated carbocycles. The molecule has 0 unspecified atom stereocenters. The van der Waals surface area contributed by atoms with Gasteiger partial charge in [-0.15, -0.1) is 11.8 Å². The molecule has 0 bridgehead atoms. The number of halogens is 1. The van der Waals surface area contributed by atoms with Crippen LogP contribution >= 0.6 is 11.8 Å². The molecule has 3 rings (SSSR count). The molecule has 0 radical (unpaired) electrons. The van der Waals surface area contributed by atoms with Gasteiger partial charge in [0.15, 0.2) is 0 Å². The van der Waals surface area contributed by atoms with Crippen LogP contribution in [-0.2, 0) is 18.3 Å². The molecule has 0 fully saturated rings. The zero-order valence-electron chi connectivity index (χ0n) is 14.9. The molecule has 2 aromatic heterocycles. The molecule has 7 heteroatoms. The van der Waals surface area contributed by atoms with Gasteiger partial charge in [0, 0.05) is 35.6 Å². The average molecular weight is 373 g/mol. The molecule has 0 aliphatic carbocycles. The Morgan fingerprint density at radius 2 is 2.19 bits per heavy atom. The number of aromatic nitrogens is 2. The standard InChI is InChI=1S/C19H20FN3O2S/c1-4-25-22-19(24)17-14-6-5-9-21-18(14)23(2)16(17)10-12-7-8-13(26-3)11-15(12)20/h5-9,11H,4,10H2,1-3H3,(H,22,24). The normalized spacial score (nSPS) is 11.1. The summed E-state index contributed by atoms with van der Waals surface area (Å²) in [6.45, 7) is 2.14. The third-order valence-corrected chi connectivity index (χ3v) is 4.95. The zero-order valence-corrected chi connectivity index (χ0v) is 15.7. The van der Waals surface area contributed by atoms with Gasteiger partial charge in [0.1, 0.15) is 11.5 Å². The van der Waals surface area contributed by atoms with Gasteiger partial charge in [-0.1, -0.05) is 6.07 Å². The number of rotatable bonds is 6. The number of thioether (sulfide) groups is 1. The number of nitrogens with zero attached hydrogens (tertiary/aromatic N) is 2. The van der Waals surface area contributed by atoms with Crippen LogP contribution in [0.4, 0.5) is 4.39 Å². The number of fused-ring (bicyclic) bond motifs is 1. The lowest BCUT2D eigenvalue weighted by atomic mass is 10.0. The highest BCUT2D eigenvalue weighted by Gasteiger charge is 2.23. The van der Waals surface area contributed by atoms with Crippen LogP contribution in [0.15, 0.2) is 41.4 Å². The van der Waals surface area contributed by atoms with Gasteiger partial charge in [-0.05, 0) is 43.0 Å². The van der Waals surface area contributed by atoms with Gasteiger partial charge < -0.3 is 4.57 Å². The first-order chi connectivity index (χ1) is 12.6. The van der Waals surface area contributed by atoms with Crippen molar-refractivity contribution in [3.63, 3.8) is 0 Å². The van der Waals surface area contributed by atoms with E-state index in [1.165, 1.54) is 17.8 Å². The van der Waals surface area contributed by atoms with E-state index in [-0.39, 0.29) is 18.1 Å². The fraction of sp³-hybridized carbons (Fsp3) is 0.263. The van der Waals surface area contributed by atoms with Crippen molar-refractivity contribution in [1.82, 2.24) is 15.0 Å². The molecule has 3 aromatic rings. The second kappa shape index (κ2) is 7.88. The molecule has 1 aromatic carbocycles. The average Bonchev–Trinajstić information content (AvgIpc) is 2.93. The molecule has 136 valence electrons. The maximum atomic E-state index is 14.5. The number of hydrogen-bond acceptors (Lipinski definition) is 4. The fourth-order valence-corrected chi connectivity index (χ4v) is 3.36. The second-order valence-corrected chi connectivity index (χ2v) is 6.63. The Balaban J connectivity index is 2.09. The zero-order chi connectivity index (χ0) is 18.7. The summed E-state index contributed by atoms with van der Waals surface area (Å²) in [6, 6.07) is 8.76. The van der Waals surface area contributed by atoms with Crippen LogP contribution in [-0.4, -0.2) is 28.3 Å². The van der Waals surface area contributed by atoms with Gasteiger partial charge in [0.2, 0.25) is 0 Å². The van der Waals surface area contributed by atoms with Crippen molar-refractivity contribution < 1.29 is 14.0 Å². The number of pyridine rings is 1. The summed E-state index contributed by atoms with van der Waals surface area (Å²) in [7, 11) is 1.83. The molecular weight excluding hydrogens is 353 g/mol. The summed E-state index contributed by atoms with van der Waals surface area (Å²) in [5.74, 6) is -0.646. The summed E-state index contributed by atoms with van der Waals surface area (Å²) >= 11 is 1.49. The van der Waals surface area contributed by atoms with Crippen molar-refractivity contribution in [3.05, 3.63) is 59.2 Å². The molecule has 0 atom stereocenters. The number of aryl methyl sites for hydroxylation is 1. The van der Waals surface area contributed by atoms with E-state index in [4.69, 9.17) is 4.84 Å². The Kier molecular flexibility index (Phi) is 5.58. The predicted molar refractivity (Wildman–Crippen MR) is 101 cm³/mol. The third-order valence-electron chi connectivity index (χ3n) is 4.22. The molecule has 0 aliphatic rings. The van der Waals surface area contributed by atoms with Crippen molar-refractivity contribution >= 4 is 28.7 Å². The van der Waals surface area contributed by atoms with Gasteiger partial charge in [-0.25, -0.2) is 14.9 Å². The van der Waals surface area contributed by atoms with Crippen molar-refractivity contribution in [1.29, 1.82) is 0 Å². The van der Waals surface area contributed by atoms with Crippen LogP contribution in [0.1, 0.15) is 28.5 Å². The minimum absolute atomic E-state index is 0.280. The number of carbonyl (C=O) groups excluding carboxylic acids is 1. The summed E-state index contributed by atoms with van der Waals surface area (Å²) in [5, 5.41) is 0.711. The topological polar surface area (TPSA) is 56.1 Å². The van der Waals surface area contributed by atoms with E-state index < -0.39 is 0 Å². The van der Waals surface area contributed by atoms with E-state index in [1.807, 2.05) is 30.0 Å². The third kappa shape index (κ3) is 3.45. The van der Waals surface area contributed by atoms with Crippen molar-refractivity contribution in [2.24, 2.45) is 7.05 Å². The summed E-state index contributed by atoms with van der Waals surface area (Å²) in [5.41, 5.74) is 4.78. The molecule has 0 spiro atoms. The molecule has 0 aliphatic heterocycles. The van der Waals surface area contributed by atoms with Crippen molar-refractivity contribution in [2.45, 2.75) is 18.2 Å². The molecule has 2 heterocycles. The minimum Gasteiger partial charge on any atom is -0.332 e. The lowest BCUT2D eigenvalue weighted by Crippen LogP contribution is -2.24. The first-order valence-corrected chi connectivity index (χ1v) is 9.46. The Labute approximate surface area is 155 Å². The molecule has 26 heavy (non-hydrogen) atoms. The Morgan fingerprint density at radius 1 is 1.38 bits per heavy atom. The van der Waals surface area contributed by atoms with E-state index in [9.17, 15) is 9.18 Å². The first kappa shape index (κ1) is 18.4. The number of carbonyl (C=O) groups is 1. The van der Waals surface area contributed by atoms with Crippen LogP contribution in [0.3, 0.4) is 0 Å². The molecule has 1 N–H and O–H groups in total. The summed E-state index contributed by atoms with van der Waals surface area (Å²) in [4.78, 5) is 22.9. The van der Waals surface area contributed by atoms with E-state index in [2.05, 4.69) is 10.5 Å². The van der Waals surface area contributed by atoms with Gasteiger partial charge in [0.25, 0.3) is 5.91 Å².